The summed E-state index contributed by atoms with van der Waals surface area (Å²) in [5, 5.41) is 6.24. The molecule has 2 aliphatic rings. The van der Waals surface area contributed by atoms with Crippen molar-refractivity contribution in [1.82, 2.24) is 10.2 Å². The molecule has 2 fully saturated rings. The number of carbonyl (C=O) groups excluding carboxylic acids is 2. The van der Waals surface area contributed by atoms with Crippen molar-refractivity contribution in [3.63, 3.8) is 0 Å². The Balaban J connectivity index is 1.34. The summed E-state index contributed by atoms with van der Waals surface area (Å²) in [5.41, 5.74) is 2.32. The Labute approximate surface area is 170 Å². The number of amides is 2. The molecule has 2 amide bonds. The summed E-state index contributed by atoms with van der Waals surface area (Å²) in [4.78, 5) is 27.1. The number of anilines is 1. The fourth-order valence-electron chi connectivity index (χ4n) is 4.17. The Morgan fingerprint density at radius 1 is 1.00 bits per heavy atom. The summed E-state index contributed by atoms with van der Waals surface area (Å²) in [5.74, 6) is -0.240. The minimum Gasteiger partial charge on any atom is -0.341 e. The Bertz CT molecular complexity index is 887. The second-order valence-electron chi connectivity index (χ2n) is 7.83. The Morgan fingerprint density at radius 3 is 2.41 bits per heavy atom. The third-order valence-corrected chi connectivity index (χ3v) is 5.82. The van der Waals surface area contributed by atoms with Crippen LogP contribution in [0.5, 0.6) is 0 Å². The molecule has 0 radical (unpaired) electrons. The predicted molar refractivity (Wildman–Crippen MR) is 111 cm³/mol. The van der Waals surface area contributed by atoms with Gasteiger partial charge < -0.3 is 15.5 Å². The van der Waals surface area contributed by atoms with E-state index < -0.39 is 0 Å². The summed E-state index contributed by atoms with van der Waals surface area (Å²) in [6, 6.07) is 13.8. The maximum absolute atomic E-state index is 13.5. The van der Waals surface area contributed by atoms with Gasteiger partial charge in [-0.15, -0.1) is 0 Å². The highest BCUT2D eigenvalue weighted by molar-refractivity contribution is 5.93. The van der Waals surface area contributed by atoms with Gasteiger partial charge in [0.2, 0.25) is 11.8 Å². The van der Waals surface area contributed by atoms with Gasteiger partial charge >= 0.3 is 0 Å². The van der Waals surface area contributed by atoms with Crippen LogP contribution in [0.2, 0.25) is 0 Å². The summed E-state index contributed by atoms with van der Waals surface area (Å²) >= 11 is 0. The van der Waals surface area contributed by atoms with E-state index in [2.05, 4.69) is 10.6 Å². The molecule has 2 heterocycles. The highest BCUT2D eigenvalue weighted by Crippen LogP contribution is 2.25. The lowest BCUT2D eigenvalue weighted by Crippen LogP contribution is -2.48. The lowest BCUT2D eigenvalue weighted by Gasteiger charge is -2.33. The molecule has 1 atom stereocenters. The molecule has 2 aliphatic heterocycles. The maximum atomic E-state index is 13.5. The highest BCUT2D eigenvalue weighted by atomic mass is 19.1. The quantitative estimate of drug-likeness (QED) is 0.834. The lowest BCUT2D eigenvalue weighted by atomic mass is 9.95. The number of hydrogen-bond acceptors (Lipinski definition) is 3. The first-order chi connectivity index (χ1) is 14.1. The van der Waals surface area contributed by atoms with Crippen molar-refractivity contribution >= 4 is 17.5 Å². The minimum atomic E-state index is -0.286. The Morgan fingerprint density at radius 2 is 1.72 bits per heavy atom. The zero-order valence-corrected chi connectivity index (χ0v) is 16.4. The van der Waals surface area contributed by atoms with E-state index in [1.807, 2.05) is 35.2 Å². The van der Waals surface area contributed by atoms with Gasteiger partial charge in [-0.05, 0) is 67.6 Å². The van der Waals surface area contributed by atoms with E-state index in [4.69, 9.17) is 0 Å². The highest BCUT2D eigenvalue weighted by Gasteiger charge is 2.31. The first-order valence-corrected chi connectivity index (χ1v) is 10.3. The monoisotopic (exact) mass is 395 g/mol. The van der Waals surface area contributed by atoms with Crippen molar-refractivity contribution in [2.45, 2.75) is 31.7 Å². The van der Waals surface area contributed by atoms with E-state index in [9.17, 15) is 14.0 Å². The van der Waals surface area contributed by atoms with Gasteiger partial charge in [-0.25, -0.2) is 4.39 Å². The summed E-state index contributed by atoms with van der Waals surface area (Å²) in [6.07, 6.45) is 3.30. The largest absolute Gasteiger partial charge is 0.341 e. The van der Waals surface area contributed by atoms with Crippen molar-refractivity contribution in [2.24, 2.45) is 5.92 Å². The van der Waals surface area contributed by atoms with E-state index in [0.717, 1.165) is 30.5 Å². The van der Waals surface area contributed by atoms with Gasteiger partial charge in [0.1, 0.15) is 5.82 Å². The van der Waals surface area contributed by atoms with Crippen LogP contribution in [0.3, 0.4) is 0 Å². The minimum absolute atomic E-state index is 0.0208. The van der Waals surface area contributed by atoms with Crippen LogP contribution in [0, 0.1) is 11.7 Å². The molecular formula is C23H26FN3O2. The average molecular weight is 395 g/mol. The van der Waals surface area contributed by atoms with Crippen molar-refractivity contribution < 1.29 is 14.0 Å². The molecule has 1 unspecified atom stereocenters. The second-order valence-corrected chi connectivity index (χ2v) is 7.83. The molecule has 0 saturated carbocycles. The molecule has 4 rings (SSSR count). The third kappa shape index (κ3) is 4.65. The third-order valence-electron chi connectivity index (χ3n) is 5.82. The first-order valence-electron chi connectivity index (χ1n) is 10.3. The summed E-state index contributed by atoms with van der Waals surface area (Å²) in [6.45, 7) is 2.15. The molecule has 2 saturated heterocycles. The lowest BCUT2D eigenvalue weighted by molar-refractivity contribution is -0.136. The Kier molecular flexibility index (Phi) is 5.90. The van der Waals surface area contributed by atoms with Crippen molar-refractivity contribution in [2.75, 3.05) is 25.0 Å². The molecule has 2 aromatic rings. The topological polar surface area (TPSA) is 61.4 Å². The van der Waals surface area contributed by atoms with Gasteiger partial charge in [0.15, 0.2) is 0 Å². The number of likely N-dealkylation sites (tertiary alicyclic amines) is 1. The van der Waals surface area contributed by atoms with Gasteiger partial charge in [-0.3, -0.25) is 9.59 Å². The molecule has 0 aromatic heterocycles. The second kappa shape index (κ2) is 8.74. The number of rotatable bonds is 4. The van der Waals surface area contributed by atoms with Crippen LogP contribution in [0.4, 0.5) is 10.1 Å². The van der Waals surface area contributed by atoms with Crippen LogP contribution in [0.25, 0.3) is 11.1 Å². The first kappa shape index (κ1) is 19.6. The summed E-state index contributed by atoms with van der Waals surface area (Å²) in [7, 11) is 0. The zero-order valence-electron chi connectivity index (χ0n) is 16.4. The number of benzene rings is 2. The fourth-order valence-corrected chi connectivity index (χ4v) is 4.17. The van der Waals surface area contributed by atoms with Gasteiger partial charge in [0.25, 0.3) is 0 Å². The number of hydrogen-bond donors (Lipinski definition) is 2. The molecule has 5 nitrogen and oxygen atoms in total. The van der Waals surface area contributed by atoms with Gasteiger partial charge in [0.05, 0.1) is 6.04 Å². The van der Waals surface area contributed by atoms with E-state index in [-0.39, 0.29) is 29.6 Å². The smallest absolute Gasteiger partial charge is 0.239 e. The van der Waals surface area contributed by atoms with Gasteiger partial charge in [-0.2, -0.15) is 0 Å². The van der Waals surface area contributed by atoms with Gasteiger partial charge in [-0.1, -0.05) is 24.3 Å². The van der Waals surface area contributed by atoms with Gasteiger partial charge in [0, 0.05) is 24.7 Å². The number of piperidine rings is 1. The molecule has 0 bridgehead atoms. The molecule has 2 N–H and O–H groups in total. The van der Waals surface area contributed by atoms with Crippen LogP contribution in [0.15, 0.2) is 48.5 Å². The number of nitrogens with one attached hydrogen (secondary N) is 2. The van der Waals surface area contributed by atoms with Crippen molar-refractivity contribution in [3.8, 4) is 11.1 Å². The van der Waals surface area contributed by atoms with E-state index >= 15 is 0 Å². The molecule has 0 spiro atoms. The average Bonchev–Trinajstić information content (AvgIpc) is 3.28. The molecule has 152 valence electrons. The van der Waals surface area contributed by atoms with Crippen molar-refractivity contribution in [1.29, 1.82) is 0 Å². The SMILES string of the molecule is O=C(Nc1cccc(-c2cccc(F)c2)c1)C1CCN(C(=O)C2CCCN2)CC1. The van der Waals surface area contributed by atoms with Crippen LogP contribution >= 0.6 is 0 Å². The standard InChI is InChI=1S/C23H26FN3O2/c24-19-6-1-4-17(14-19)18-5-2-7-20(15-18)26-22(28)16-9-12-27(13-10-16)23(29)21-8-3-11-25-21/h1-2,4-7,14-16,21,25H,3,8-13H2,(H,26,28). The van der Waals surface area contributed by atoms with E-state index in [1.165, 1.54) is 12.1 Å². The molecule has 2 aromatic carbocycles. The van der Waals surface area contributed by atoms with Crippen molar-refractivity contribution in [3.05, 3.63) is 54.3 Å². The van der Waals surface area contributed by atoms with E-state index in [1.54, 1.807) is 6.07 Å². The molecule has 0 aliphatic carbocycles. The number of nitrogens with zero attached hydrogens (tertiary/aromatic N) is 1. The number of halogens is 1. The Hall–Kier alpha value is -2.73. The maximum Gasteiger partial charge on any atom is 0.239 e. The molecule has 29 heavy (non-hydrogen) atoms. The van der Waals surface area contributed by atoms with Crippen LogP contribution < -0.4 is 10.6 Å². The van der Waals surface area contributed by atoms with Crippen LogP contribution in [0.1, 0.15) is 25.7 Å². The zero-order chi connectivity index (χ0) is 20.2. The number of carbonyl (C=O) groups is 2. The van der Waals surface area contributed by atoms with E-state index in [0.29, 0.717) is 31.6 Å². The fraction of sp³-hybridized carbons (Fsp3) is 0.391. The summed E-state index contributed by atoms with van der Waals surface area (Å²) < 4.78 is 13.5. The van der Waals surface area contributed by atoms with Crippen LogP contribution in [-0.2, 0) is 9.59 Å². The molecule has 6 heteroatoms. The predicted octanol–water partition coefficient (Wildman–Crippen LogP) is 3.42. The van der Waals surface area contributed by atoms with Crippen LogP contribution in [-0.4, -0.2) is 42.4 Å². The molecular weight excluding hydrogens is 369 g/mol. The normalized spacial score (nSPS) is 19.9.